The number of hydrogen-bond acceptors (Lipinski definition) is 5. The topological polar surface area (TPSA) is 68.2 Å². The number of nitrogens with zero attached hydrogens (tertiary/aromatic N) is 2. The molecule has 10 heteroatoms. The number of hydrogen-bond donors (Lipinski definition) is 0. The monoisotopic (exact) mass is 504 g/mol. The third-order valence-electron chi connectivity index (χ3n) is 5.51. The first-order chi connectivity index (χ1) is 16.7. The van der Waals surface area contributed by atoms with Gasteiger partial charge in [-0.1, -0.05) is 59.8 Å². The minimum absolute atomic E-state index is 0.0961. The maximum absolute atomic E-state index is 12.9. The third kappa shape index (κ3) is 6.40. The van der Waals surface area contributed by atoms with Gasteiger partial charge < -0.3 is 9.57 Å². The molecule has 35 heavy (non-hydrogen) atoms. The Hall–Kier alpha value is -3.37. The molecule has 1 aliphatic heterocycles. The Morgan fingerprint density at radius 2 is 1.49 bits per heavy atom. The predicted molar refractivity (Wildman–Crippen MR) is 125 cm³/mol. The van der Waals surface area contributed by atoms with Gasteiger partial charge in [0.05, 0.1) is 10.6 Å². The minimum atomic E-state index is -4.84. The van der Waals surface area contributed by atoms with Crippen molar-refractivity contribution >= 4 is 15.7 Å². The summed E-state index contributed by atoms with van der Waals surface area (Å²) in [6, 6.07) is 22.0. The molecule has 1 saturated heterocycles. The molecular formula is C25H23F3N2O4S. The SMILES string of the molecule is O=S(=O)(c1ccc(OC(F)(F)F)cc1)N1CCC(=NOCc2ccccc2-c2ccccc2)CC1. The fourth-order valence-electron chi connectivity index (χ4n) is 3.78. The van der Waals surface area contributed by atoms with Gasteiger partial charge >= 0.3 is 6.36 Å². The number of ether oxygens (including phenoxy) is 1. The van der Waals surface area contributed by atoms with Crippen molar-refractivity contribution in [3.05, 3.63) is 84.4 Å². The Balaban J connectivity index is 1.34. The summed E-state index contributed by atoms with van der Waals surface area (Å²) in [6.07, 6.45) is -4.04. The van der Waals surface area contributed by atoms with Crippen LogP contribution in [0.4, 0.5) is 13.2 Å². The predicted octanol–water partition coefficient (Wildman–Crippen LogP) is 5.61. The average molecular weight is 505 g/mol. The van der Waals surface area contributed by atoms with E-state index >= 15 is 0 Å². The summed E-state index contributed by atoms with van der Waals surface area (Å²) in [4.78, 5) is 5.50. The second-order valence-electron chi connectivity index (χ2n) is 7.88. The fraction of sp³-hybridized carbons (Fsp3) is 0.240. The van der Waals surface area contributed by atoms with Crippen molar-refractivity contribution in [3.63, 3.8) is 0 Å². The van der Waals surface area contributed by atoms with Crippen LogP contribution in [0.15, 0.2) is 88.9 Å². The van der Waals surface area contributed by atoms with Gasteiger partial charge in [0, 0.05) is 25.9 Å². The molecule has 0 radical (unpaired) electrons. The van der Waals surface area contributed by atoms with Crippen LogP contribution in [0.1, 0.15) is 18.4 Å². The molecule has 3 aromatic rings. The van der Waals surface area contributed by atoms with Gasteiger partial charge in [-0.25, -0.2) is 8.42 Å². The lowest BCUT2D eigenvalue weighted by atomic mass is 10.0. The Morgan fingerprint density at radius 3 is 2.14 bits per heavy atom. The molecule has 6 nitrogen and oxygen atoms in total. The molecule has 0 spiro atoms. The maximum atomic E-state index is 12.9. The highest BCUT2D eigenvalue weighted by atomic mass is 32.2. The van der Waals surface area contributed by atoms with Crippen molar-refractivity contribution < 1.29 is 31.2 Å². The van der Waals surface area contributed by atoms with Gasteiger partial charge in [0.25, 0.3) is 0 Å². The molecule has 3 aromatic carbocycles. The van der Waals surface area contributed by atoms with Crippen molar-refractivity contribution in [1.29, 1.82) is 0 Å². The molecule has 0 saturated carbocycles. The number of rotatable bonds is 7. The van der Waals surface area contributed by atoms with E-state index in [9.17, 15) is 21.6 Å². The molecule has 0 N–H and O–H groups in total. The van der Waals surface area contributed by atoms with Gasteiger partial charge in [-0.2, -0.15) is 4.31 Å². The van der Waals surface area contributed by atoms with Gasteiger partial charge in [-0.05, 0) is 41.0 Å². The maximum Gasteiger partial charge on any atom is 0.573 e. The first kappa shape index (κ1) is 24.7. The zero-order chi connectivity index (χ0) is 24.9. The van der Waals surface area contributed by atoms with Gasteiger partial charge in [-0.15, -0.1) is 13.2 Å². The summed E-state index contributed by atoms with van der Waals surface area (Å²) in [5.74, 6) is -0.476. The Bertz CT molecular complexity index is 1270. The van der Waals surface area contributed by atoms with Crippen molar-refractivity contribution in [2.45, 2.75) is 30.7 Å². The van der Waals surface area contributed by atoms with E-state index in [0.29, 0.717) is 12.8 Å². The van der Waals surface area contributed by atoms with E-state index < -0.39 is 22.1 Å². The zero-order valence-electron chi connectivity index (χ0n) is 18.6. The quantitative estimate of drug-likeness (QED) is 0.393. The smallest absolute Gasteiger partial charge is 0.406 e. The van der Waals surface area contributed by atoms with Crippen molar-refractivity contribution in [1.82, 2.24) is 4.31 Å². The lowest BCUT2D eigenvalue weighted by Gasteiger charge is -2.26. The largest absolute Gasteiger partial charge is 0.573 e. The third-order valence-corrected chi connectivity index (χ3v) is 7.42. The lowest BCUT2D eigenvalue weighted by Crippen LogP contribution is -2.38. The highest BCUT2D eigenvalue weighted by molar-refractivity contribution is 7.89. The molecule has 0 amide bonds. The summed E-state index contributed by atoms with van der Waals surface area (Å²) in [5.41, 5.74) is 3.88. The molecule has 1 aliphatic rings. The minimum Gasteiger partial charge on any atom is -0.406 e. The number of halogens is 3. The summed E-state index contributed by atoms with van der Waals surface area (Å²) in [5, 5.41) is 4.22. The van der Waals surface area contributed by atoms with Crippen molar-refractivity contribution in [3.8, 4) is 16.9 Å². The van der Waals surface area contributed by atoms with E-state index in [1.165, 1.54) is 4.31 Å². The van der Waals surface area contributed by atoms with Crippen molar-refractivity contribution in [2.24, 2.45) is 5.16 Å². The number of sulfonamides is 1. The summed E-state index contributed by atoms with van der Waals surface area (Å²) in [6.45, 7) is 0.681. The molecule has 0 bridgehead atoms. The van der Waals surface area contributed by atoms with Crippen molar-refractivity contribution in [2.75, 3.05) is 13.1 Å². The van der Waals surface area contributed by atoms with E-state index in [4.69, 9.17) is 4.84 Å². The molecule has 1 fully saturated rings. The molecule has 0 aliphatic carbocycles. The lowest BCUT2D eigenvalue weighted by molar-refractivity contribution is -0.274. The van der Waals surface area contributed by atoms with E-state index in [1.54, 1.807) is 0 Å². The normalized spacial score (nSPS) is 15.0. The average Bonchev–Trinajstić information content (AvgIpc) is 2.85. The standard InChI is InChI=1S/C25H23F3N2O4S/c26-25(27,28)34-22-10-12-23(13-11-22)35(31,32)30-16-14-21(15-17-30)29-33-18-20-8-4-5-9-24(20)19-6-2-1-3-7-19/h1-13H,14-18H2. The van der Waals surface area contributed by atoms with Crippen LogP contribution >= 0.6 is 0 Å². The Labute approximate surface area is 201 Å². The molecule has 0 atom stereocenters. The number of benzene rings is 3. The van der Waals surface area contributed by atoms with Crippen LogP contribution in [0.3, 0.4) is 0 Å². The molecule has 184 valence electrons. The van der Waals surface area contributed by atoms with Crippen LogP contribution in [0.25, 0.3) is 11.1 Å². The van der Waals surface area contributed by atoms with Crippen LogP contribution in [-0.2, 0) is 21.5 Å². The van der Waals surface area contributed by atoms with Crippen LogP contribution in [-0.4, -0.2) is 37.9 Å². The Kier molecular flexibility index (Phi) is 7.42. The van der Waals surface area contributed by atoms with E-state index in [-0.39, 0.29) is 24.6 Å². The summed E-state index contributed by atoms with van der Waals surface area (Å²) >= 11 is 0. The molecule has 0 unspecified atom stereocenters. The van der Waals surface area contributed by atoms with E-state index in [1.807, 2.05) is 54.6 Å². The van der Waals surface area contributed by atoms with Crippen LogP contribution in [0.5, 0.6) is 5.75 Å². The second kappa shape index (κ2) is 10.5. The van der Waals surface area contributed by atoms with E-state index in [2.05, 4.69) is 9.89 Å². The molecule has 4 rings (SSSR count). The highest BCUT2D eigenvalue weighted by Gasteiger charge is 2.32. The number of alkyl halides is 3. The first-order valence-corrected chi connectivity index (χ1v) is 12.3. The second-order valence-corrected chi connectivity index (χ2v) is 9.82. The van der Waals surface area contributed by atoms with Crippen LogP contribution in [0.2, 0.25) is 0 Å². The first-order valence-electron chi connectivity index (χ1n) is 10.9. The van der Waals surface area contributed by atoms with Crippen LogP contribution < -0.4 is 4.74 Å². The fourth-order valence-corrected chi connectivity index (χ4v) is 5.22. The van der Waals surface area contributed by atoms with Gasteiger partial charge in [0.2, 0.25) is 10.0 Å². The number of oxime groups is 1. The van der Waals surface area contributed by atoms with Gasteiger partial charge in [0.15, 0.2) is 0 Å². The number of piperidine rings is 1. The molecule has 1 heterocycles. The summed E-state index contributed by atoms with van der Waals surface area (Å²) in [7, 11) is -3.84. The Morgan fingerprint density at radius 1 is 0.857 bits per heavy atom. The highest BCUT2D eigenvalue weighted by Crippen LogP contribution is 2.27. The zero-order valence-corrected chi connectivity index (χ0v) is 19.4. The van der Waals surface area contributed by atoms with Gasteiger partial charge in [-0.3, -0.25) is 0 Å². The molecule has 0 aromatic heterocycles. The molecular weight excluding hydrogens is 481 g/mol. The van der Waals surface area contributed by atoms with E-state index in [0.717, 1.165) is 46.7 Å². The van der Waals surface area contributed by atoms with Crippen LogP contribution in [0, 0.1) is 0 Å². The summed E-state index contributed by atoms with van der Waals surface area (Å²) < 4.78 is 67.7. The van der Waals surface area contributed by atoms with Gasteiger partial charge in [0.1, 0.15) is 12.4 Å².